The Labute approximate surface area is 132 Å². The molecule has 0 saturated carbocycles. The molecule has 0 atom stereocenters. The van der Waals surface area contributed by atoms with Crippen molar-refractivity contribution in [3.63, 3.8) is 0 Å². The monoisotopic (exact) mass is 356 g/mol. The van der Waals surface area contributed by atoms with Crippen molar-refractivity contribution in [2.75, 3.05) is 4.72 Å². The second kappa shape index (κ2) is 5.99. The highest BCUT2D eigenvalue weighted by molar-refractivity contribution is 7.93. The molecule has 0 aliphatic rings. The summed E-state index contributed by atoms with van der Waals surface area (Å²) < 4.78 is 49.3. The number of rotatable bonds is 5. The summed E-state index contributed by atoms with van der Waals surface area (Å²) in [5.41, 5.74) is 0.139. The van der Waals surface area contributed by atoms with E-state index < -0.39 is 26.0 Å². The molecule has 0 aliphatic carbocycles. The number of carboxylic acids is 1. The number of sulfonamides is 2. The van der Waals surface area contributed by atoms with E-state index in [0.717, 1.165) is 6.07 Å². The van der Waals surface area contributed by atoms with Crippen LogP contribution in [0.5, 0.6) is 0 Å². The minimum absolute atomic E-state index is 0.00386. The quantitative estimate of drug-likeness (QED) is 0.724. The van der Waals surface area contributed by atoms with E-state index in [1.165, 1.54) is 42.5 Å². The second-order valence-corrected chi connectivity index (χ2v) is 7.75. The smallest absolute Gasteiger partial charge is 0.335 e. The molecule has 2 rings (SSSR count). The molecule has 10 heteroatoms. The van der Waals surface area contributed by atoms with E-state index in [1.54, 1.807) is 0 Å². The Kier molecular flexibility index (Phi) is 4.41. The molecule has 0 unspecified atom stereocenters. The molecular weight excluding hydrogens is 344 g/mol. The highest BCUT2D eigenvalue weighted by atomic mass is 32.2. The summed E-state index contributed by atoms with van der Waals surface area (Å²) >= 11 is 0. The zero-order valence-electron chi connectivity index (χ0n) is 11.5. The van der Waals surface area contributed by atoms with Gasteiger partial charge in [-0.25, -0.2) is 26.8 Å². The Morgan fingerprint density at radius 2 is 1.52 bits per heavy atom. The molecule has 8 nitrogen and oxygen atoms in total. The van der Waals surface area contributed by atoms with Crippen molar-refractivity contribution in [2.24, 2.45) is 5.14 Å². The molecule has 0 aromatic heterocycles. The predicted octanol–water partition coefficient (Wildman–Crippen LogP) is 0.833. The van der Waals surface area contributed by atoms with Crippen molar-refractivity contribution in [1.82, 2.24) is 0 Å². The van der Waals surface area contributed by atoms with Gasteiger partial charge in [-0.2, -0.15) is 0 Å². The fourth-order valence-corrected chi connectivity index (χ4v) is 3.45. The third kappa shape index (κ3) is 4.06. The van der Waals surface area contributed by atoms with Gasteiger partial charge in [-0.1, -0.05) is 6.07 Å². The van der Waals surface area contributed by atoms with Crippen LogP contribution in [0.25, 0.3) is 0 Å². The van der Waals surface area contributed by atoms with Gasteiger partial charge in [0.1, 0.15) is 0 Å². The maximum absolute atomic E-state index is 12.2. The second-order valence-electron chi connectivity index (χ2n) is 4.51. The topological polar surface area (TPSA) is 144 Å². The zero-order valence-corrected chi connectivity index (χ0v) is 13.1. The summed E-state index contributed by atoms with van der Waals surface area (Å²) in [6.45, 7) is 0. The molecule has 122 valence electrons. The number of nitrogens with one attached hydrogen (secondary N) is 1. The lowest BCUT2D eigenvalue weighted by Gasteiger charge is -2.09. The summed E-state index contributed by atoms with van der Waals surface area (Å²) in [6.07, 6.45) is 0. The molecule has 2 aromatic rings. The van der Waals surface area contributed by atoms with Crippen molar-refractivity contribution in [1.29, 1.82) is 0 Å². The maximum Gasteiger partial charge on any atom is 0.335 e. The molecule has 0 saturated heterocycles. The summed E-state index contributed by atoms with van der Waals surface area (Å²) in [7, 11) is -8.08. The van der Waals surface area contributed by atoms with E-state index in [1.807, 2.05) is 0 Å². The molecule has 0 aliphatic heterocycles. The number of anilines is 1. The van der Waals surface area contributed by atoms with Crippen LogP contribution in [0.2, 0.25) is 0 Å². The third-order valence-corrected chi connectivity index (χ3v) is 5.12. The Bertz CT molecular complexity index is 950. The molecule has 0 radical (unpaired) electrons. The summed E-state index contributed by atoms with van der Waals surface area (Å²) in [5.74, 6) is -1.14. The van der Waals surface area contributed by atoms with Crippen LogP contribution in [0.3, 0.4) is 0 Å². The molecule has 4 N–H and O–H groups in total. The molecule has 0 fully saturated rings. The van der Waals surface area contributed by atoms with Crippen molar-refractivity contribution >= 4 is 31.7 Å². The SMILES string of the molecule is NS(=O)(=O)c1cccc(S(=O)(=O)Nc2ccc(C(=O)O)cc2)c1. The van der Waals surface area contributed by atoms with E-state index in [0.29, 0.717) is 0 Å². The number of benzene rings is 2. The Morgan fingerprint density at radius 1 is 0.957 bits per heavy atom. The van der Waals surface area contributed by atoms with Gasteiger partial charge >= 0.3 is 5.97 Å². The van der Waals surface area contributed by atoms with Gasteiger partial charge in [-0.15, -0.1) is 0 Å². The van der Waals surface area contributed by atoms with E-state index in [2.05, 4.69) is 4.72 Å². The van der Waals surface area contributed by atoms with Gasteiger partial charge in [-0.3, -0.25) is 4.72 Å². The zero-order chi connectivity index (χ0) is 17.3. The van der Waals surface area contributed by atoms with Crippen LogP contribution in [0.4, 0.5) is 5.69 Å². The van der Waals surface area contributed by atoms with Gasteiger partial charge in [0.05, 0.1) is 15.4 Å². The standard InChI is InChI=1S/C13H12N2O6S2/c14-22(18,19)11-2-1-3-12(8-11)23(20,21)15-10-6-4-9(5-7-10)13(16)17/h1-8,15H,(H,16,17)(H2,14,18,19). The predicted molar refractivity (Wildman–Crippen MR) is 82.0 cm³/mol. The number of hydrogen-bond donors (Lipinski definition) is 3. The van der Waals surface area contributed by atoms with Crippen molar-refractivity contribution in [2.45, 2.75) is 9.79 Å². The number of carboxylic acid groups (broad SMARTS) is 1. The first kappa shape index (κ1) is 16.9. The lowest BCUT2D eigenvalue weighted by molar-refractivity contribution is 0.0697. The molecule has 0 heterocycles. The lowest BCUT2D eigenvalue weighted by Crippen LogP contribution is -2.16. The number of nitrogens with two attached hydrogens (primary N) is 1. The van der Waals surface area contributed by atoms with Crippen LogP contribution in [0.15, 0.2) is 58.3 Å². The molecule has 2 aromatic carbocycles. The fourth-order valence-electron chi connectivity index (χ4n) is 1.71. The molecule has 23 heavy (non-hydrogen) atoms. The maximum atomic E-state index is 12.2. The Morgan fingerprint density at radius 3 is 2.04 bits per heavy atom. The van der Waals surface area contributed by atoms with Gasteiger partial charge in [0.2, 0.25) is 10.0 Å². The van der Waals surface area contributed by atoms with E-state index in [-0.39, 0.29) is 21.0 Å². The van der Waals surface area contributed by atoms with E-state index in [9.17, 15) is 21.6 Å². The third-order valence-electron chi connectivity index (χ3n) is 2.83. The first-order valence-corrected chi connectivity index (χ1v) is 9.11. The summed E-state index contributed by atoms with van der Waals surface area (Å²) in [5, 5.41) is 13.8. The number of hydrogen-bond acceptors (Lipinski definition) is 5. The van der Waals surface area contributed by atoms with Crippen LogP contribution in [0, 0.1) is 0 Å². The van der Waals surface area contributed by atoms with Crippen LogP contribution in [-0.4, -0.2) is 27.9 Å². The van der Waals surface area contributed by atoms with Gasteiger partial charge < -0.3 is 5.11 Å². The summed E-state index contributed by atoms with van der Waals surface area (Å²) in [4.78, 5) is 10.1. The number of aromatic carboxylic acids is 1. The summed E-state index contributed by atoms with van der Waals surface area (Å²) in [6, 6.07) is 9.61. The van der Waals surface area contributed by atoms with Crippen molar-refractivity contribution in [3.05, 3.63) is 54.1 Å². The first-order valence-electron chi connectivity index (χ1n) is 6.09. The van der Waals surface area contributed by atoms with Crippen LogP contribution in [0.1, 0.15) is 10.4 Å². The molecule has 0 bridgehead atoms. The average molecular weight is 356 g/mol. The van der Waals surface area contributed by atoms with Crippen LogP contribution >= 0.6 is 0 Å². The molecule has 0 amide bonds. The van der Waals surface area contributed by atoms with Crippen molar-refractivity contribution in [3.8, 4) is 0 Å². The minimum atomic E-state index is -4.05. The number of carbonyl (C=O) groups is 1. The van der Waals surface area contributed by atoms with Gasteiger partial charge in [0.25, 0.3) is 10.0 Å². The molecule has 0 spiro atoms. The average Bonchev–Trinajstić information content (AvgIpc) is 2.46. The fraction of sp³-hybridized carbons (Fsp3) is 0. The van der Waals surface area contributed by atoms with Gasteiger partial charge in [-0.05, 0) is 42.5 Å². The normalized spacial score (nSPS) is 11.9. The van der Waals surface area contributed by atoms with Crippen LogP contribution in [-0.2, 0) is 20.0 Å². The number of primary sulfonamides is 1. The van der Waals surface area contributed by atoms with E-state index >= 15 is 0 Å². The minimum Gasteiger partial charge on any atom is -0.478 e. The van der Waals surface area contributed by atoms with Gasteiger partial charge in [0, 0.05) is 5.69 Å². The lowest BCUT2D eigenvalue weighted by atomic mass is 10.2. The largest absolute Gasteiger partial charge is 0.478 e. The van der Waals surface area contributed by atoms with Crippen LogP contribution < -0.4 is 9.86 Å². The Balaban J connectivity index is 2.34. The van der Waals surface area contributed by atoms with Crippen molar-refractivity contribution < 1.29 is 26.7 Å². The molecular formula is C13H12N2O6S2. The highest BCUT2D eigenvalue weighted by Gasteiger charge is 2.17. The Hall–Kier alpha value is -2.43. The highest BCUT2D eigenvalue weighted by Crippen LogP contribution is 2.19. The van der Waals surface area contributed by atoms with Gasteiger partial charge in [0.15, 0.2) is 0 Å². The van der Waals surface area contributed by atoms with E-state index in [4.69, 9.17) is 10.2 Å². The first-order chi connectivity index (χ1) is 10.6.